The third kappa shape index (κ3) is 1.72. The summed E-state index contributed by atoms with van der Waals surface area (Å²) >= 11 is 1.49. The van der Waals surface area contributed by atoms with Crippen LogP contribution in [0.3, 0.4) is 0 Å². The van der Waals surface area contributed by atoms with Crippen molar-refractivity contribution < 1.29 is 9.53 Å². The highest BCUT2D eigenvalue weighted by Crippen LogP contribution is 2.20. The van der Waals surface area contributed by atoms with E-state index in [0.29, 0.717) is 0 Å². The Morgan fingerprint density at radius 1 is 1.64 bits per heavy atom. The number of nitrogens with zero attached hydrogens (tertiary/aromatic N) is 2. The first kappa shape index (κ1) is 9.08. The van der Waals surface area contributed by atoms with E-state index in [1.54, 1.807) is 12.4 Å². The fourth-order valence-corrected chi connectivity index (χ4v) is 2.02. The number of ether oxygens (including phenoxy) is 1. The molecule has 0 aliphatic carbocycles. The first-order valence-electron chi connectivity index (χ1n) is 4.06. The Morgan fingerprint density at radius 3 is 3.21 bits per heavy atom. The van der Waals surface area contributed by atoms with Gasteiger partial charge in [0.25, 0.3) is 0 Å². The second-order valence-corrected chi connectivity index (χ2v) is 3.82. The van der Waals surface area contributed by atoms with Crippen molar-refractivity contribution in [1.29, 1.82) is 0 Å². The van der Waals surface area contributed by atoms with Crippen LogP contribution >= 0.6 is 11.3 Å². The van der Waals surface area contributed by atoms with Crippen LogP contribution in [-0.4, -0.2) is 23.0 Å². The minimum atomic E-state index is -0.267. The van der Waals surface area contributed by atoms with Crippen molar-refractivity contribution in [2.45, 2.75) is 6.42 Å². The second kappa shape index (κ2) is 3.71. The lowest BCUT2D eigenvalue weighted by atomic mass is 10.4. The van der Waals surface area contributed by atoms with Gasteiger partial charge in [-0.25, -0.2) is 4.98 Å². The molecule has 0 aliphatic heterocycles. The molecule has 2 heterocycles. The van der Waals surface area contributed by atoms with Crippen LogP contribution in [0.4, 0.5) is 0 Å². The SMILES string of the molecule is COC(=O)Cc1nc2cnccc2s1. The van der Waals surface area contributed by atoms with E-state index in [-0.39, 0.29) is 12.4 Å². The molecule has 0 aromatic carbocycles. The molecule has 0 radical (unpaired) electrons. The van der Waals surface area contributed by atoms with Gasteiger partial charge < -0.3 is 4.74 Å². The number of fused-ring (bicyclic) bond motifs is 1. The molecule has 0 bridgehead atoms. The van der Waals surface area contributed by atoms with Gasteiger partial charge in [0.2, 0.25) is 0 Å². The van der Waals surface area contributed by atoms with Crippen molar-refractivity contribution in [3.63, 3.8) is 0 Å². The molecule has 2 rings (SSSR count). The smallest absolute Gasteiger partial charge is 0.312 e. The number of pyridine rings is 1. The van der Waals surface area contributed by atoms with Crippen molar-refractivity contribution in [2.75, 3.05) is 7.11 Å². The molecule has 0 atom stereocenters. The van der Waals surface area contributed by atoms with Gasteiger partial charge in [-0.15, -0.1) is 11.3 Å². The van der Waals surface area contributed by atoms with Gasteiger partial charge in [0.15, 0.2) is 0 Å². The first-order valence-corrected chi connectivity index (χ1v) is 4.87. The average Bonchev–Trinajstić information content (AvgIpc) is 2.59. The van der Waals surface area contributed by atoms with E-state index >= 15 is 0 Å². The number of hydrogen-bond donors (Lipinski definition) is 0. The van der Waals surface area contributed by atoms with Gasteiger partial charge in [0, 0.05) is 6.20 Å². The molecule has 0 aliphatic rings. The zero-order valence-electron chi connectivity index (χ0n) is 7.56. The largest absolute Gasteiger partial charge is 0.469 e. The predicted octanol–water partition coefficient (Wildman–Crippen LogP) is 1.41. The Bertz CT molecular complexity index is 434. The van der Waals surface area contributed by atoms with E-state index in [4.69, 9.17) is 0 Å². The highest BCUT2D eigenvalue weighted by atomic mass is 32.1. The maximum absolute atomic E-state index is 11.0. The van der Waals surface area contributed by atoms with Crippen molar-refractivity contribution in [3.8, 4) is 0 Å². The van der Waals surface area contributed by atoms with Crippen LogP contribution < -0.4 is 0 Å². The van der Waals surface area contributed by atoms with Crippen molar-refractivity contribution in [3.05, 3.63) is 23.5 Å². The number of aromatic nitrogens is 2. The van der Waals surface area contributed by atoms with Gasteiger partial charge in [-0.2, -0.15) is 0 Å². The van der Waals surface area contributed by atoms with E-state index in [0.717, 1.165) is 15.2 Å². The Hall–Kier alpha value is -1.49. The number of hydrogen-bond acceptors (Lipinski definition) is 5. The van der Waals surface area contributed by atoms with Crippen LogP contribution in [0.5, 0.6) is 0 Å². The zero-order chi connectivity index (χ0) is 9.97. The van der Waals surface area contributed by atoms with Gasteiger partial charge in [-0.1, -0.05) is 0 Å². The van der Waals surface area contributed by atoms with E-state index in [2.05, 4.69) is 14.7 Å². The van der Waals surface area contributed by atoms with Gasteiger partial charge in [0.1, 0.15) is 5.01 Å². The summed E-state index contributed by atoms with van der Waals surface area (Å²) in [6.07, 6.45) is 3.63. The third-order valence-corrected chi connectivity index (χ3v) is 2.79. The molecule has 0 saturated heterocycles. The Balaban J connectivity index is 2.31. The Kier molecular flexibility index (Phi) is 2.41. The van der Waals surface area contributed by atoms with Crippen molar-refractivity contribution in [1.82, 2.24) is 9.97 Å². The third-order valence-electron chi connectivity index (χ3n) is 1.76. The number of carbonyl (C=O) groups excluding carboxylic acids is 1. The summed E-state index contributed by atoms with van der Waals surface area (Å²) in [6, 6.07) is 1.88. The van der Waals surface area contributed by atoms with Crippen molar-refractivity contribution in [2.24, 2.45) is 0 Å². The maximum atomic E-state index is 11.0. The zero-order valence-corrected chi connectivity index (χ0v) is 8.37. The first-order chi connectivity index (χ1) is 6.79. The van der Waals surface area contributed by atoms with Gasteiger partial charge in [-0.05, 0) is 6.07 Å². The predicted molar refractivity (Wildman–Crippen MR) is 53.1 cm³/mol. The number of methoxy groups -OCH3 is 1. The quantitative estimate of drug-likeness (QED) is 0.700. The average molecular weight is 208 g/mol. The molecule has 0 N–H and O–H groups in total. The maximum Gasteiger partial charge on any atom is 0.312 e. The standard InChI is InChI=1S/C9H8N2O2S/c1-13-9(12)4-8-11-6-5-10-3-2-7(6)14-8/h2-3,5H,4H2,1H3. The normalized spacial score (nSPS) is 10.4. The number of carbonyl (C=O) groups is 1. The lowest BCUT2D eigenvalue weighted by Crippen LogP contribution is -2.03. The molecule has 14 heavy (non-hydrogen) atoms. The highest BCUT2D eigenvalue weighted by Gasteiger charge is 2.08. The summed E-state index contributed by atoms with van der Waals surface area (Å²) < 4.78 is 5.60. The molecule has 0 spiro atoms. The summed E-state index contributed by atoms with van der Waals surface area (Å²) in [5.74, 6) is -0.267. The molecule has 2 aromatic heterocycles. The minimum absolute atomic E-state index is 0.232. The van der Waals surface area contributed by atoms with Crippen LogP contribution in [0.25, 0.3) is 10.2 Å². The second-order valence-electron chi connectivity index (χ2n) is 2.70. The molecule has 2 aromatic rings. The Morgan fingerprint density at radius 2 is 2.50 bits per heavy atom. The summed E-state index contributed by atoms with van der Waals surface area (Å²) in [5, 5.41) is 0.764. The molecule has 4 nitrogen and oxygen atoms in total. The van der Waals surface area contributed by atoms with E-state index in [1.807, 2.05) is 6.07 Å². The fourth-order valence-electron chi connectivity index (χ4n) is 1.10. The van der Waals surface area contributed by atoms with E-state index in [9.17, 15) is 4.79 Å². The Labute approximate surface area is 84.6 Å². The van der Waals surface area contributed by atoms with E-state index in [1.165, 1.54) is 18.4 Å². The molecule has 72 valence electrons. The van der Waals surface area contributed by atoms with Crippen molar-refractivity contribution >= 4 is 27.5 Å². The molecule has 0 saturated carbocycles. The molecule has 0 amide bonds. The van der Waals surface area contributed by atoms with Gasteiger partial charge in [-0.3, -0.25) is 9.78 Å². The van der Waals surface area contributed by atoms with Crippen LogP contribution in [-0.2, 0) is 16.0 Å². The van der Waals surface area contributed by atoms with E-state index < -0.39 is 0 Å². The van der Waals surface area contributed by atoms with Crippen LogP contribution in [0.15, 0.2) is 18.5 Å². The molecular weight excluding hydrogens is 200 g/mol. The molecule has 0 unspecified atom stereocenters. The van der Waals surface area contributed by atoms with Crippen LogP contribution in [0.2, 0.25) is 0 Å². The number of thiazole rings is 1. The van der Waals surface area contributed by atoms with Crippen LogP contribution in [0, 0.1) is 0 Å². The topological polar surface area (TPSA) is 52.1 Å². The molecule has 5 heteroatoms. The number of rotatable bonds is 2. The highest BCUT2D eigenvalue weighted by molar-refractivity contribution is 7.18. The van der Waals surface area contributed by atoms with Gasteiger partial charge >= 0.3 is 5.97 Å². The lowest BCUT2D eigenvalue weighted by molar-refractivity contribution is -0.139. The fraction of sp³-hybridized carbons (Fsp3) is 0.222. The molecular formula is C9H8N2O2S. The lowest BCUT2D eigenvalue weighted by Gasteiger charge is -1.92. The molecule has 0 fully saturated rings. The monoisotopic (exact) mass is 208 g/mol. The summed E-state index contributed by atoms with van der Waals surface area (Å²) in [7, 11) is 1.37. The summed E-state index contributed by atoms with van der Waals surface area (Å²) in [4.78, 5) is 19.2. The van der Waals surface area contributed by atoms with Gasteiger partial charge in [0.05, 0.1) is 29.9 Å². The summed E-state index contributed by atoms with van der Waals surface area (Å²) in [6.45, 7) is 0. The van der Waals surface area contributed by atoms with Crippen LogP contribution in [0.1, 0.15) is 5.01 Å². The number of esters is 1. The minimum Gasteiger partial charge on any atom is -0.469 e. The summed E-state index contributed by atoms with van der Waals surface area (Å²) in [5.41, 5.74) is 0.830.